The average Bonchev–Trinajstić information content (AvgIpc) is 2.90. The molecule has 5 heteroatoms. The van der Waals surface area contributed by atoms with Crippen LogP contribution < -0.4 is 0 Å². The lowest BCUT2D eigenvalue weighted by atomic mass is 10.3. The van der Waals surface area contributed by atoms with Gasteiger partial charge in [0.2, 0.25) is 0 Å². The second-order valence-electron chi connectivity index (χ2n) is 4.91. The lowest BCUT2D eigenvalue weighted by molar-refractivity contribution is 0.0766. The molecule has 0 saturated carbocycles. The van der Waals surface area contributed by atoms with Crippen molar-refractivity contribution >= 4 is 17.2 Å². The van der Waals surface area contributed by atoms with Crippen LogP contribution in [0.1, 0.15) is 42.1 Å². The summed E-state index contributed by atoms with van der Waals surface area (Å²) in [5, 5.41) is 0.857. The standard InChI is InChI=1S/C16H21N3OS/c1-4-6-10-19(5-2)16(20)14-12(3)18-15(21-14)13-8-7-9-17-11-13/h7-9,11H,4-6,10H2,1-3H3. The molecule has 0 aliphatic rings. The summed E-state index contributed by atoms with van der Waals surface area (Å²) in [7, 11) is 0. The molecule has 0 unspecified atom stereocenters. The van der Waals surface area contributed by atoms with Gasteiger partial charge >= 0.3 is 0 Å². The molecule has 1 amide bonds. The second-order valence-corrected chi connectivity index (χ2v) is 5.91. The number of nitrogens with zero attached hydrogens (tertiary/aromatic N) is 3. The van der Waals surface area contributed by atoms with Crippen molar-refractivity contribution in [2.45, 2.75) is 33.6 Å². The number of carbonyl (C=O) groups is 1. The van der Waals surface area contributed by atoms with Crippen LogP contribution in [0.15, 0.2) is 24.5 Å². The summed E-state index contributed by atoms with van der Waals surface area (Å²) in [6, 6.07) is 3.85. The van der Waals surface area contributed by atoms with E-state index in [0.29, 0.717) is 0 Å². The first-order chi connectivity index (χ1) is 10.2. The zero-order valence-corrected chi connectivity index (χ0v) is 13.6. The Morgan fingerprint density at radius 2 is 2.19 bits per heavy atom. The fourth-order valence-electron chi connectivity index (χ4n) is 2.10. The Labute approximate surface area is 129 Å². The highest BCUT2D eigenvalue weighted by atomic mass is 32.1. The Morgan fingerprint density at radius 1 is 1.38 bits per heavy atom. The number of aryl methyl sites for hydroxylation is 1. The first kappa shape index (κ1) is 15.6. The van der Waals surface area contributed by atoms with Crippen LogP contribution >= 0.6 is 11.3 Å². The van der Waals surface area contributed by atoms with Crippen LogP contribution in [0.2, 0.25) is 0 Å². The van der Waals surface area contributed by atoms with Gasteiger partial charge in [-0.3, -0.25) is 9.78 Å². The fourth-order valence-corrected chi connectivity index (χ4v) is 3.13. The van der Waals surface area contributed by atoms with E-state index < -0.39 is 0 Å². The molecule has 2 aromatic rings. The van der Waals surface area contributed by atoms with Crippen LogP contribution in [-0.2, 0) is 0 Å². The Hall–Kier alpha value is -1.75. The Bertz CT molecular complexity index is 595. The maximum Gasteiger partial charge on any atom is 0.265 e. The summed E-state index contributed by atoms with van der Waals surface area (Å²) in [4.78, 5) is 23.9. The van der Waals surface area contributed by atoms with Crippen LogP contribution in [-0.4, -0.2) is 33.9 Å². The van der Waals surface area contributed by atoms with E-state index >= 15 is 0 Å². The molecule has 0 atom stereocenters. The lowest BCUT2D eigenvalue weighted by Crippen LogP contribution is -2.31. The van der Waals surface area contributed by atoms with E-state index in [0.717, 1.165) is 47.1 Å². The van der Waals surface area contributed by atoms with Crippen molar-refractivity contribution in [2.24, 2.45) is 0 Å². The van der Waals surface area contributed by atoms with E-state index in [1.807, 2.05) is 30.9 Å². The molecular formula is C16H21N3OS. The second kappa shape index (κ2) is 7.31. The van der Waals surface area contributed by atoms with Gasteiger partial charge in [0.25, 0.3) is 5.91 Å². The number of hydrogen-bond acceptors (Lipinski definition) is 4. The lowest BCUT2D eigenvalue weighted by Gasteiger charge is -2.19. The van der Waals surface area contributed by atoms with Gasteiger partial charge in [-0.1, -0.05) is 13.3 Å². The number of unbranched alkanes of at least 4 members (excludes halogenated alkanes) is 1. The van der Waals surface area contributed by atoms with Crippen molar-refractivity contribution in [3.8, 4) is 10.6 Å². The summed E-state index contributed by atoms with van der Waals surface area (Å²) < 4.78 is 0. The third-order valence-corrected chi connectivity index (χ3v) is 4.54. The SMILES string of the molecule is CCCCN(CC)C(=O)c1sc(-c2cccnc2)nc1C. The molecule has 21 heavy (non-hydrogen) atoms. The molecule has 0 bridgehead atoms. The highest BCUT2D eigenvalue weighted by Crippen LogP contribution is 2.28. The van der Waals surface area contributed by atoms with Crippen LogP contribution in [0.3, 0.4) is 0 Å². The minimum atomic E-state index is 0.0936. The van der Waals surface area contributed by atoms with Crippen molar-refractivity contribution < 1.29 is 4.79 Å². The Morgan fingerprint density at radius 3 is 2.81 bits per heavy atom. The predicted molar refractivity (Wildman–Crippen MR) is 86.6 cm³/mol. The highest BCUT2D eigenvalue weighted by Gasteiger charge is 2.20. The maximum atomic E-state index is 12.6. The van der Waals surface area contributed by atoms with Gasteiger partial charge in [-0.05, 0) is 32.4 Å². The number of amides is 1. The minimum Gasteiger partial charge on any atom is -0.338 e. The quantitative estimate of drug-likeness (QED) is 0.816. The van der Waals surface area contributed by atoms with Crippen LogP contribution in [0, 0.1) is 6.92 Å². The van der Waals surface area contributed by atoms with E-state index in [4.69, 9.17) is 0 Å². The third-order valence-electron chi connectivity index (χ3n) is 3.35. The van der Waals surface area contributed by atoms with Crippen molar-refractivity contribution in [2.75, 3.05) is 13.1 Å². The molecule has 0 saturated heterocycles. The van der Waals surface area contributed by atoms with E-state index in [1.165, 1.54) is 11.3 Å². The molecule has 112 valence electrons. The molecule has 0 fully saturated rings. The van der Waals surface area contributed by atoms with Gasteiger partial charge in [-0.2, -0.15) is 0 Å². The molecule has 2 rings (SSSR count). The number of aromatic nitrogens is 2. The van der Waals surface area contributed by atoms with Crippen molar-refractivity contribution in [1.82, 2.24) is 14.9 Å². The van der Waals surface area contributed by atoms with Gasteiger partial charge in [0.05, 0.1) is 5.69 Å². The van der Waals surface area contributed by atoms with Crippen LogP contribution in [0.25, 0.3) is 10.6 Å². The summed E-state index contributed by atoms with van der Waals surface area (Å²) in [6.45, 7) is 7.60. The van der Waals surface area contributed by atoms with Crippen molar-refractivity contribution in [3.05, 3.63) is 35.1 Å². The molecule has 2 heterocycles. The molecule has 2 aromatic heterocycles. The minimum absolute atomic E-state index is 0.0936. The van der Waals surface area contributed by atoms with Gasteiger partial charge in [0.15, 0.2) is 0 Å². The molecule has 0 aliphatic heterocycles. The van der Waals surface area contributed by atoms with Gasteiger partial charge in [0.1, 0.15) is 9.88 Å². The molecule has 0 aromatic carbocycles. The highest BCUT2D eigenvalue weighted by molar-refractivity contribution is 7.17. The Kier molecular flexibility index (Phi) is 5.44. The number of hydrogen-bond donors (Lipinski definition) is 0. The van der Waals surface area contributed by atoms with Gasteiger partial charge in [-0.25, -0.2) is 4.98 Å². The maximum absolute atomic E-state index is 12.6. The molecular weight excluding hydrogens is 282 g/mol. The summed E-state index contributed by atoms with van der Waals surface area (Å²) >= 11 is 1.46. The van der Waals surface area contributed by atoms with Crippen molar-refractivity contribution in [3.63, 3.8) is 0 Å². The predicted octanol–water partition coefficient (Wildman–Crippen LogP) is 3.78. The summed E-state index contributed by atoms with van der Waals surface area (Å²) in [5.41, 5.74) is 1.76. The van der Waals surface area contributed by atoms with Gasteiger partial charge in [-0.15, -0.1) is 11.3 Å². The van der Waals surface area contributed by atoms with Gasteiger partial charge < -0.3 is 4.90 Å². The topological polar surface area (TPSA) is 46.1 Å². The number of carbonyl (C=O) groups excluding carboxylic acids is 1. The van der Waals surface area contributed by atoms with Gasteiger partial charge in [0, 0.05) is 31.0 Å². The molecule has 0 N–H and O–H groups in total. The van der Waals surface area contributed by atoms with E-state index in [1.54, 1.807) is 12.4 Å². The van der Waals surface area contributed by atoms with E-state index in [2.05, 4.69) is 16.9 Å². The molecule has 0 spiro atoms. The summed E-state index contributed by atoms with van der Waals surface area (Å²) in [5.74, 6) is 0.0936. The van der Waals surface area contributed by atoms with Crippen molar-refractivity contribution in [1.29, 1.82) is 0 Å². The Balaban J connectivity index is 2.24. The zero-order chi connectivity index (χ0) is 15.2. The molecule has 0 radical (unpaired) electrons. The number of rotatable bonds is 6. The van der Waals surface area contributed by atoms with Crippen LogP contribution in [0.4, 0.5) is 0 Å². The van der Waals surface area contributed by atoms with Crippen LogP contribution in [0.5, 0.6) is 0 Å². The first-order valence-electron chi connectivity index (χ1n) is 7.34. The normalized spacial score (nSPS) is 10.6. The van der Waals surface area contributed by atoms with E-state index in [-0.39, 0.29) is 5.91 Å². The summed E-state index contributed by atoms with van der Waals surface area (Å²) in [6.07, 6.45) is 5.64. The number of thiazole rings is 1. The molecule has 0 aliphatic carbocycles. The van der Waals surface area contributed by atoms with E-state index in [9.17, 15) is 4.79 Å². The third kappa shape index (κ3) is 3.67. The average molecular weight is 303 g/mol. The monoisotopic (exact) mass is 303 g/mol. The smallest absolute Gasteiger partial charge is 0.265 e. The number of pyridine rings is 1. The first-order valence-corrected chi connectivity index (χ1v) is 8.16. The molecule has 4 nitrogen and oxygen atoms in total. The fraction of sp³-hybridized carbons (Fsp3) is 0.438. The largest absolute Gasteiger partial charge is 0.338 e. The zero-order valence-electron chi connectivity index (χ0n) is 12.8.